The Morgan fingerprint density at radius 2 is 1.95 bits per heavy atom. The minimum Gasteiger partial charge on any atom is -0.267 e. The number of halogens is 1. The first-order valence-corrected chi connectivity index (χ1v) is 6.60. The molecule has 19 heavy (non-hydrogen) atoms. The van der Waals surface area contributed by atoms with Crippen LogP contribution in [0.2, 0.25) is 0 Å². The number of aromatic amines is 1. The van der Waals surface area contributed by atoms with Gasteiger partial charge in [0, 0.05) is 18.0 Å². The number of pyridine rings is 1. The zero-order valence-corrected chi connectivity index (χ0v) is 11.5. The number of nitrogens with one attached hydrogen (secondary N) is 1. The molecule has 0 atom stereocenters. The zero-order chi connectivity index (χ0) is 13.2. The van der Waals surface area contributed by atoms with Crippen LogP contribution in [-0.4, -0.2) is 15.2 Å². The third-order valence-corrected chi connectivity index (χ3v) is 3.37. The third kappa shape index (κ3) is 2.42. The molecule has 0 saturated heterocycles. The number of benzene rings is 1. The molecule has 1 aromatic carbocycles. The molecule has 1 N–H and O–H groups in total. The minimum absolute atomic E-state index is 0.157. The molecule has 0 aliphatic heterocycles. The van der Waals surface area contributed by atoms with Gasteiger partial charge in [-0.15, -0.1) is 0 Å². The van der Waals surface area contributed by atoms with Gasteiger partial charge in [0.2, 0.25) is 0 Å². The molecule has 0 amide bonds. The van der Waals surface area contributed by atoms with Crippen LogP contribution in [-0.2, 0) is 6.42 Å². The SMILES string of the molecule is O=c1[nH]nc(Cc2ccnc(Br)c2)c2ccccc12. The van der Waals surface area contributed by atoms with Crippen LogP contribution in [0.15, 0.2) is 52.0 Å². The van der Waals surface area contributed by atoms with Crippen LogP contribution in [0.25, 0.3) is 10.8 Å². The fourth-order valence-corrected chi connectivity index (χ4v) is 2.46. The largest absolute Gasteiger partial charge is 0.272 e. The number of nitrogens with zero attached hydrogens (tertiary/aromatic N) is 2. The second-order valence-corrected chi connectivity index (χ2v) is 5.02. The molecule has 0 aliphatic carbocycles. The normalized spacial score (nSPS) is 10.8. The van der Waals surface area contributed by atoms with Gasteiger partial charge in [0.25, 0.3) is 5.56 Å². The highest BCUT2D eigenvalue weighted by atomic mass is 79.9. The number of hydrogen-bond donors (Lipinski definition) is 1. The molecular formula is C14H10BrN3O. The molecule has 0 bridgehead atoms. The van der Waals surface area contributed by atoms with Crippen molar-refractivity contribution in [3.8, 4) is 0 Å². The molecule has 94 valence electrons. The van der Waals surface area contributed by atoms with Gasteiger partial charge in [-0.05, 0) is 39.7 Å². The standard InChI is InChI=1S/C14H10BrN3O/c15-13-8-9(5-6-16-13)7-12-10-3-1-2-4-11(10)14(19)18-17-12/h1-6,8H,7H2,(H,18,19). The van der Waals surface area contributed by atoms with E-state index in [0.29, 0.717) is 11.8 Å². The zero-order valence-electron chi connectivity index (χ0n) is 9.93. The predicted octanol–water partition coefficient (Wildman–Crippen LogP) is 2.67. The highest BCUT2D eigenvalue weighted by Crippen LogP contribution is 2.17. The molecule has 2 aromatic heterocycles. The Kier molecular flexibility index (Phi) is 3.13. The summed E-state index contributed by atoms with van der Waals surface area (Å²) in [6.07, 6.45) is 2.39. The van der Waals surface area contributed by atoms with E-state index in [9.17, 15) is 4.79 Å². The molecule has 0 radical (unpaired) electrons. The molecule has 3 rings (SSSR count). The predicted molar refractivity (Wildman–Crippen MR) is 77.1 cm³/mol. The number of rotatable bonds is 2. The fraction of sp³-hybridized carbons (Fsp3) is 0.0714. The van der Waals surface area contributed by atoms with E-state index >= 15 is 0 Å². The van der Waals surface area contributed by atoms with E-state index in [2.05, 4.69) is 31.1 Å². The Balaban J connectivity index is 2.11. The van der Waals surface area contributed by atoms with Gasteiger partial charge in [-0.3, -0.25) is 4.79 Å². The highest BCUT2D eigenvalue weighted by Gasteiger charge is 2.07. The number of H-pyrrole nitrogens is 1. The molecule has 3 aromatic rings. The molecule has 0 aliphatic rings. The van der Waals surface area contributed by atoms with Crippen LogP contribution < -0.4 is 5.56 Å². The summed E-state index contributed by atoms with van der Waals surface area (Å²) in [7, 11) is 0. The third-order valence-electron chi connectivity index (χ3n) is 2.94. The highest BCUT2D eigenvalue weighted by molar-refractivity contribution is 9.10. The summed E-state index contributed by atoms with van der Waals surface area (Å²) in [5, 5.41) is 8.26. The van der Waals surface area contributed by atoms with Crippen molar-refractivity contribution in [3.63, 3.8) is 0 Å². The summed E-state index contributed by atoms with van der Waals surface area (Å²) >= 11 is 3.35. The minimum atomic E-state index is -0.157. The lowest BCUT2D eigenvalue weighted by molar-refractivity contribution is 0.932. The van der Waals surface area contributed by atoms with Crippen LogP contribution in [0, 0.1) is 0 Å². The monoisotopic (exact) mass is 315 g/mol. The van der Waals surface area contributed by atoms with E-state index in [-0.39, 0.29) is 5.56 Å². The van der Waals surface area contributed by atoms with Gasteiger partial charge in [0.15, 0.2) is 0 Å². The Hall–Kier alpha value is -2.01. The summed E-state index contributed by atoms with van der Waals surface area (Å²) in [6.45, 7) is 0. The quantitative estimate of drug-likeness (QED) is 0.740. The van der Waals surface area contributed by atoms with Crippen molar-refractivity contribution in [2.45, 2.75) is 6.42 Å². The molecule has 0 fully saturated rings. The van der Waals surface area contributed by atoms with E-state index < -0.39 is 0 Å². The Morgan fingerprint density at radius 1 is 1.16 bits per heavy atom. The van der Waals surface area contributed by atoms with Crippen molar-refractivity contribution < 1.29 is 0 Å². The summed E-state index contributed by atoms with van der Waals surface area (Å²) in [5.74, 6) is 0. The van der Waals surface area contributed by atoms with E-state index in [0.717, 1.165) is 21.2 Å². The van der Waals surface area contributed by atoms with Gasteiger partial charge < -0.3 is 0 Å². The van der Waals surface area contributed by atoms with E-state index in [1.807, 2.05) is 36.4 Å². The molecule has 2 heterocycles. The van der Waals surface area contributed by atoms with Gasteiger partial charge in [0.1, 0.15) is 4.60 Å². The number of aromatic nitrogens is 3. The van der Waals surface area contributed by atoms with E-state index in [4.69, 9.17) is 0 Å². The average Bonchev–Trinajstić information content (AvgIpc) is 2.42. The summed E-state index contributed by atoms with van der Waals surface area (Å²) in [5.41, 5.74) is 1.79. The number of fused-ring (bicyclic) bond motifs is 1. The smallest absolute Gasteiger partial charge is 0.267 e. The van der Waals surface area contributed by atoms with Gasteiger partial charge in [0.05, 0.1) is 11.1 Å². The molecule has 0 saturated carbocycles. The average molecular weight is 316 g/mol. The second kappa shape index (κ2) is 4.93. The Bertz CT molecular complexity index is 798. The van der Waals surface area contributed by atoms with Gasteiger partial charge in [-0.1, -0.05) is 18.2 Å². The summed E-state index contributed by atoms with van der Waals surface area (Å²) in [6, 6.07) is 11.4. The Morgan fingerprint density at radius 3 is 2.74 bits per heavy atom. The van der Waals surface area contributed by atoms with Crippen LogP contribution in [0.1, 0.15) is 11.3 Å². The van der Waals surface area contributed by atoms with Gasteiger partial charge in [-0.25, -0.2) is 10.1 Å². The summed E-state index contributed by atoms with van der Waals surface area (Å²) in [4.78, 5) is 15.8. The fourth-order valence-electron chi connectivity index (χ4n) is 2.05. The van der Waals surface area contributed by atoms with Crippen LogP contribution in [0.3, 0.4) is 0 Å². The first kappa shape index (κ1) is 12.0. The lowest BCUT2D eigenvalue weighted by Crippen LogP contribution is -2.11. The van der Waals surface area contributed by atoms with E-state index in [1.165, 1.54) is 0 Å². The maximum Gasteiger partial charge on any atom is 0.272 e. The topological polar surface area (TPSA) is 58.6 Å². The van der Waals surface area contributed by atoms with Crippen molar-refractivity contribution >= 4 is 26.7 Å². The Labute approximate surface area is 117 Å². The van der Waals surface area contributed by atoms with Crippen molar-refractivity contribution in [1.29, 1.82) is 0 Å². The second-order valence-electron chi connectivity index (χ2n) is 4.21. The summed E-state index contributed by atoms with van der Waals surface area (Å²) < 4.78 is 0.790. The van der Waals surface area contributed by atoms with Crippen molar-refractivity contribution in [2.24, 2.45) is 0 Å². The molecule has 0 spiro atoms. The lowest BCUT2D eigenvalue weighted by atomic mass is 10.1. The van der Waals surface area contributed by atoms with Gasteiger partial charge >= 0.3 is 0 Å². The lowest BCUT2D eigenvalue weighted by Gasteiger charge is -2.05. The first-order chi connectivity index (χ1) is 9.24. The molecule has 5 heteroatoms. The molecule has 4 nitrogen and oxygen atoms in total. The van der Waals surface area contributed by atoms with Gasteiger partial charge in [-0.2, -0.15) is 5.10 Å². The maximum absolute atomic E-state index is 11.7. The maximum atomic E-state index is 11.7. The van der Waals surface area contributed by atoms with Crippen molar-refractivity contribution in [3.05, 3.63) is 68.8 Å². The van der Waals surface area contributed by atoms with Crippen molar-refractivity contribution in [1.82, 2.24) is 15.2 Å². The van der Waals surface area contributed by atoms with Crippen molar-refractivity contribution in [2.75, 3.05) is 0 Å². The van der Waals surface area contributed by atoms with Crippen LogP contribution in [0.4, 0.5) is 0 Å². The first-order valence-electron chi connectivity index (χ1n) is 5.81. The van der Waals surface area contributed by atoms with E-state index in [1.54, 1.807) is 6.20 Å². The van der Waals surface area contributed by atoms with Crippen LogP contribution >= 0.6 is 15.9 Å². The number of hydrogen-bond acceptors (Lipinski definition) is 3. The van der Waals surface area contributed by atoms with Crippen LogP contribution in [0.5, 0.6) is 0 Å². The molecule has 0 unspecified atom stereocenters. The molecular weight excluding hydrogens is 306 g/mol.